The Morgan fingerprint density at radius 2 is 1.04 bits per heavy atom. The number of benzene rings is 8. The van der Waals surface area contributed by atoms with E-state index >= 15 is 0 Å². The second kappa shape index (κ2) is 17.3. The van der Waals surface area contributed by atoms with Gasteiger partial charge in [0, 0.05) is 11.1 Å². The van der Waals surface area contributed by atoms with E-state index in [1.807, 2.05) is 6.07 Å². The molecular formula is C66H59N3O. The lowest BCUT2D eigenvalue weighted by Gasteiger charge is -2.25. The van der Waals surface area contributed by atoms with Gasteiger partial charge in [0.2, 0.25) is 0 Å². The first-order chi connectivity index (χ1) is 33.7. The van der Waals surface area contributed by atoms with Crippen LogP contribution in [0.15, 0.2) is 182 Å². The lowest BCUT2D eigenvalue weighted by atomic mass is 9.79. The third-order valence-corrected chi connectivity index (χ3v) is 14.4. The number of imidazole rings is 1. The average molecular weight is 910 g/mol. The molecule has 2 aromatic heterocycles. The Bertz CT molecular complexity index is 3620. The zero-order chi connectivity index (χ0) is 48.5. The number of nitrogens with zero attached hydrogens (tertiary/aromatic N) is 3. The molecule has 70 heavy (non-hydrogen) atoms. The number of aromatic hydroxyl groups is 1. The Balaban J connectivity index is 1.26. The maximum Gasteiger partial charge on any atom is 0.164 e. The molecule has 1 aliphatic rings. The number of rotatable bonds is 7. The van der Waals surface area contributed by atoms with Gasteiger partial charge in [0.15, 0.2) is 5.82 Å². The number of aromatic nitrogens is 3. The van der Waals surface area contributed by atoms with Crippen molar-refractivity contribution in [2.45, 2.75) is 79.1 Å². The van der Waals surface area contributed by atoms with Crippen LogP contribution in [0.5, 0.6) is 5.75 Å². The summed E-state index contributed by atoms with van der Waals surface area (Å²) in [5.41, 5.74) is 23.7. The van der Waals surface area contributed by atoms with Crippen molar-refractivity contribution in [3.8, 4) is 89.8 Å². The molecule has 10 aromatic rings. The molecule has 1 N–H and O–H groups in total. The minimum absolute atomic E-state index is 0.0456. The van der Waals surface area contributed by atoms with Gasteiger partial charge in [-0.25, -0.2) is 9.97 Å². The molecular weight excluding hydrogens is 851 g/mol. The monoisotopic (exact) mass is 909 g/mol. The van der Waals surface area contributed by atoms with Crippen LogP contribution in [0.1, 0.15) is 74.9 Å². The van der Waals surface area contributed by atoms with Crippen molar-refractivity contribution in [2.24, 2.45) is 0 Å². The quantitative estimate of drug-likeness (QED) is 0.173. The van der Waals surface area contributed by atoms with E-state index in [1.54, 1.807) is 6.07 Å². The molecule has 0 bridgehead atoms. The number of para-hydroxylation sites is 1. The van der Waals surface area contributed by atoms with E-state index in [1.165, 1.54) is 27.8 Å². The van der Waals surface area contributed by atoms with Gasteiger partial charge in [-0.05, 0) is 145 Å². The summed E-state index contributed by atoms with van der Waals surface area (Å²) in [6.07, 6.45) is 1.72. The fourth-order valence-electron chi connectivity index (χ4n) is 10.7. The van der Waals surface area contributed by atoms with Crippen LogP contribution < -0.4 is 0 Å². The smallest absolute Gasteiger partial charge is 0.164 e. The molecule has 2 heterocycles. The summed E-state index contributed by atoms with van der Waals surface area (Å²) >= 11 is 0. The van der Waals surface area contributed by atoms with Crippen LogP contribution in [-0.4, -0.2) is 19.6 Å². The summed E-state index contributed by atoms with van der Waals surface area (Å²) in [7, 11) is 0. The van der Waals surface area contributed by atoms with E-state index in [-0.39, 0.29) is 16.6 Å². The highest BCUT2D eigenvalue weighted by Gasteiger charge is 2.29. The zero-order valence-electron chi connectivity index (χ0n) is 41.5. The minimum atomic E-state index is -0.102. The van der Waals surface area contributed by atoms with Gasteiger partial charge in [-0.1, -0.05) is 199 Å². The third kappa shape index (κ3) is 7.92. The molecule has 0 unspecified atom stereocenters. The zero-order valence-corrected chi connectivity index (χ0v) is 41.5. The van der Waals surface area contributed by atoms with E-state index in [4.69, 9.17) is 9.97 Å². The largest absolute Gasteiger partial charge is 0.507 e. The van der Waals surface area contributed by atoms with E-state index in [9.17, 15) is 5.11 Å². The Morgan fingerprint density at radius 1 is 0.443 bits per heavy atom. The topological polar surface area (TPSA) is 50.9 Å². The van der Waals surface area contributed by atoms with Crippen molar-refractivity contribution in [2.75, 3.05) is 0 Å². The first kappa shape index (κ1) is 44.7. The van der Waals surface area contributed by atoms with Crippen molar-refractivity contribution in [3.63, 3.8) is 0 Å². The number of phenolic OH excluding ortho intramolecular Hbond substituents is 1. The van der Waals surface area contributed by atoms with Gasteiger partial charge < -0.3 is 5.11 Å². The maximum absolute atomic E-state index is 11.3. The van der Waals surface area contributed by atoms with E-state index in [0.717, 1.165) is 114 Å². The number of hydrogen-bond acceptors (Lipinski definition) is 3. The van der Waals surface area contributed by atoms with Crippen molar-refractivity contribution in [1.82, 2.24) is 14.5 Å². The van der Waals surface area contributed by atoms with E-state index < -0.39 is 0 Å². The molecule has 0 radical (unpaired) electrons. The van der Waals surface area contributed by atoms with Crippen molar-refractivity contribution in [1.29, 1.82) is 0 Å². The van der Waals surface area contributed by atoms with Gasteiger partial charge in [0.25, 0.3) is 0 Å². The van der Waals surface area contributed by atoms with Crippen LogP contribution in [0, 0.1) is 13.8 Å². The molecule has 4 nitrogen and oxygen atoms in total. The van der Waals surface area contributed by atoms with Gasteiger partial charge in [-0.15, -0.1) is 0 Å². The van der Waals surface area contributed by atoms with Gasteiger partial charge in [0.1, 0.15) is 11.4 Å². The average Bonchev–Trinajstić information content (AvgIpc) is 3.74. The van der Waals surface area contributed by atoms with Crippen LogP contribution in [0.2, 0.25) is 0 Å². The van der Waals surface area contributed by atoms with Crippen molar-refractivity contribution in [3.05, 3.63) is 215 Å². The van der Waals surface area contributed by atoms with Gasteiger partial charge >= 0.3 is 0 Å². The minimum Gasteiger partial charge on any atom is -0.507 e. The van der Waals surface area contributed by atoms with E-state index in [2.05, 4.69) is 230 Å². The summed E-state index contributed by atoms with van der Waals surface area (Å²) in [6.45, 7) is 18.2. The predicted octanol–water partition coefficient (Wildman–Crippen LogP) is 17.1. The van der Waals surface area contributed by atoms with Gasteiger partial charge in [0.05, 0.1) is 22.4 Å². The predicted molar refractivity (Wildman–Crippen MR) is 293 cm³/mol. The number of phenols is 1. The molecule has 11 rings (SSSR count). The van der Waals surface area contributed by atoms with Crippen LogP contribution in [-0.2, 0) is 23.7 Å². The number of pyridine rings is 1. The molecule has 4 heteroatoms. The molecule has 0 saturated carbocycles. The lowest BCUT2D eigenvalue weighted by molar-refractivity contribution is 0.476. The summed E-state index contributed by atoms with van der Waals surface area (Å²) in [5, 5.41) is 11.3. The van der Waals surface area contributed by atoms with Crippen molar-refractivity contribution >= 4 is 11.0 Å². The molecule has 1 aliphatic carbocycles. The molecule has 0 amide bonds. The summed E-state index contributed by atoms with van der Waals surface area (Å²) in [6, 6.07) is 66.0. The Hall–Kier alpha value is -7.82. The fraction of sp³-hybridized carbons (Fsp3) is 0.182. The van der Waals surface area contributed by atoms with E-state index in [0.29, 0.717) is 0 Å². The normalized spacial score (nSPS) is 12.5. The first-order valence-electron chi connectivity index (χ1n) is 24.7. The molecule has 0 fully saturated rings. The molecule has 0 atom stereocenters. The second-order valence-corrected chi connectivity index (χ2v) is 21.2. The van der Waals surface area contributed by atoms with Crippen LogP contribution in [0.25, 0.3) is 95.1 Å². The molecule has 8 aromatic carbocycles. The summed E-state index contributed by atoms with van der Waals surface area (Å²) in [4.78, 5) is 11.3. The second-order valence-electron chi connectivity index (χ2n) is 21.2. The van der Waals surface area contributed by atoms with Gasteiger partial charge in [-0.3, -0.25) is 4.57 Å². The highest BCUT2D eigenvalue weighted by Crippen LogP contribution is 2.49. The van der Waals surface area contributed by atoms with Crippen LogP contribution in [0.3, 0.4) is 0 Å². The maximum atomic E-state index is 11.3. The summed E-state index contributed by atoms with van der Waals surface area (Å²) in [5.74, 6) is 1.01. The fourth-order valence-corrected chi connectivity index (χ4v) is 10.7. The number of aryl methyl sites for hydroxylation is 4. The molecule has 0 aliphatic heterocycles. The highest BCUT2D eigenvalue weighted by molar-refractivity contribution is 6.08. The van der Waals surface area contributed by atoms with Crippen molar-refractivity contribution < 1.29 is 5.11 Å². The molecule has 344 valence electrons. The SMILES string of the molecule is Cc1cccc(C)c1-n1c(-c2ccc3c(n2)-c2c(O)cccc2CC3)nc2c(-c3ccccc3)c(-c3c(-c4cccc(C(C)(C)C)c4)cccc3-c3cc(-c4ccccc4)cc(C(C)(C)C)c3)ccc21. The lowest BCUT2D eigenvalue weighted by Crippen LogP contribution is -2.11. The Labute approximate surface area is 413 Å². The van der Waals surface area contributed by atoms with Crippen LogP contribution >= 0.6 is 0 Å². The Morgan fingerprint density at radius 3 is 1.76 bits per heavy atom. The molecule has 0 spiro atoms. The third-order valence-electron chi connectivity index (χ3n) is 14.4. The number of fused-ring (bicyclic) bond motifs is 4. The summed E-state index contributed by atoms with van der Waals surface area (Å²) < 4.78 is 2.33. The first-order valence-corrected chi connectivity index (χ1v) is 24.7. The van der Waals surface area contributed by atoms with Gasteiger partial charge in [-0.2, -0.15) is 0 Å². The number of hydrogen-bond donors (Lipinski definition) is 1. The highest BCUT2D eigenvalue weighted by atomic mass is 16.3. The Kier molecular flexibility index (Phi) is 11.0. The molecule has 0 saturated heterocycles. The standard InChI is InChI=1S/C66H59N3O/c1-41-19-15-20-42(2)63(41)69-56-36-34-54(58(44-23-13-10-14-24-44)62(56)68-64(69)55-35-33-46-32-31-45-25-17-30-57(70)59(45)61(46)67-55)60-52(47-26-16-27-50(38-47)65(3,4)5)28-18-29-53(60)49-37-48(43-21-11-9-12-22-43)39-51(40-49)66(6,7)8/h9-30,33-40,70H,31-32H2,1-8H3. The van der Waals surface area contributed by atoms with Crippen LogP contribution in [0.4, 0.5) is 0 Å².